The maximum absolute atomic E-state index is 12.5. The number of hydrogen-bond acceptors (Lipinski definition) is 4. The van der Waals surface area contributed by atoms with Crippen molar-refractivity contribution in [2.24, 2.45) is 5.92 Å². The Morgan fingerprint density at radius 1 is 1.27 bits per heavy atom. The van der Waals surface area contributed by atoms with Crippen LogP contribution in [0.15, 0.2) is 28.8 Å². The number of likely N-dealkylation sites (tertiary alicyclic amines) is 1. The van der Waals surface area contributed by atoms with E-state index in [0.29, 0.717) is 23.7 Å². The number of aromatic nitrogens is 2. The third-order valence-electron chi connectivity index (χ3n) is 4.26. The second kappa shape index (κ2) is 7.35. The van der Waals surface area contributed by atoms with Gasteiger partial charge in [0.15, 0.2) is 0 Å². The molecule has 2 aromatic rings. The lowest BCUT2D eigenvalue weighted by atomic mass is 10.1. The average molecular weight is 368 g/mol. The van der Waals surface area contributed by atoms with E-state index in [0.717, 1.165) is 25.8 Å². The van der Waals surface area contributed by atoms with Crippen molar-refractivity contribution in [3.8, 4) is 11.4 Å². The number of nitrogens with one attached hydrogen (secondary N) is 1. The lowest BCUT2D eigenvalue weighted by Gasteiger charge is -2.23. The van der Waals surface area contributed by atoms with Gasteiger partial charge < -0.3 is 14.7 Å². The number of benzene rings is 1. The fraction of sp³-hybridized carbons (Fsp3) is 0.471. The van der Waals surface area contributed by atoms with E-state index in [1.807, 2.05) is 0 Å². The summed E-state index contributed by atoms with van der Waals surface area (Å²) in [5, 5.41) is 6.14. The number of nitrogens with zero attached hydrogens (tertiary/aromatic N) is 3. The van der Waals surface area contributed by atoms with Crippen molar-refractivity contribution in [2.75, 3.05) is 18.4 Å². The normalized spacial score (nSPS) is 18.5. The zero-order chi connectivity index (χ0) is 18.7. The minimum atomic E-state index is -4.68. The molecule has 1 atom stereocenters. The number of halogens is 3. The van der Waals surface area contributed by atoms with Crippen LogP contribution in [0.5, 0.6) is 0 Å². The molecule has 0 bridgehead atoms. The summed E-state index contributed by atoms with van der Waals surface area (Å²) in [4.78, 5) is 17.5. The van der Waals surface area contributed by atoms with Crippen LogP contribution in [0.1, 0.15) is 32.1 Å². The Labute approximate surface area is 148 Å². The molecule has 0 aliphatic carbocycles. The molecule has 0 saturated carbocycles. The van der Waals surface area contributed by atoms with Crippen LogP contribution in [0.25, 0.3) is 11.4 Å². The van der Waals surface area contributed by atoms with Crippen LogP contribution in [0.4, 0.5) is 23.7 Å². The number of alkyl halides is 3. The molecule has 2 amide bonds. The number of amides is 2. The van der Waals surface area contributed by atoms with Crippen molar-refractivity contribution in [1.82, 2.24) is 15.0 Å². The number of carbonyl (C=O) groups is 1. The van der Waals surface area contributed by atoms with Crippen LogP contribution < -0.4 is 5.32 Å². The predicted octanol–water partition coefficient (Wildman–Crippen LogP) is 4.41. The number of rotatable bonds is 2. The van der Waals surface area contributed by atoms with Crippen molar-refractivity contribution in [1.29, 1.82) is 0 Å². The highest BCUT2D eigenvalue weighted by Gasteiger charge is 2.38. The molecular formula is C17H19F3N4O2. The first kappa shape index (κ1) is 18.2. The summed E-state index contributed by atoms with van der Waals surface area (Å²) in [5.74, 6) is -1.08. The second-order valence-corrected chi connectivity index (χ2v) is 6.48. The van der Waals surface area contributed by atoms with E-state index >= 15 is 0 Å². The molecule has 6 nitrogen and oxygen atoms in total. The van der Waals surface area contributed by atoms with Crippen LogP contribution in [0.3, 0.4) is 0 Å². The summed E-state index contributed by atoms with van der Waals surface area (Å²) in [7, 11) is 0. The van der Waals surface area contributed by atoms with Gasteiger partial charge in [0.25, 0.3) is 0 Å². The molecule has 1 aromatic heterocycles. The number of carbonyl (C=O) groups excluding carboxylic acids is 1. The molecule has 1 aliphatic heterocycles. The van der Waals surface area contributed by atoms with Crippen LogP contribution >= 0.6 is 0 Å². The van der Waals surface area contributed by atoms with Crippen molar-refractivity contribution in [2.45, 2.75) is 32.4 Å². The van der Waals surface area contributed by atoms with Crippen LogP contribution in [0, 0.1) is 5.92 Å². The van der Waals surface area contributed by atoms with E-state index in [2.05, 4.69) is 26.9 Å². The highest BCUT2D eigenvalue weighted by molar-refractivity contribution is 5.89. The van der Waals surface area contributed by atoms with Gasteiger partial charge in [-0.25, -0.2) is 4.79 Å². The van der Waals surface area contributed by atoms with Crippen LogP contribution in [-0.2, 0) is 6.18 Å². The highest BCUT2D eigenvalue weighted by Crippen LogP contribution is 2.29. The van der Waals surface area contributed by atoms with E-state index in [1.165, 1.54) is 12.1 Å². The van der Waals surface area contributed by atoms with Gasteiger partial charge in [0, 0.05) is 24.3 Å². The smallest absolute Gasteiger partial charge is 0.329 e. The van der Waals surface area contributed by atoms with E-state index in [4.69, 9.17) is 0 Å². The molecule has 1 saturated heterocycles. The quantitative estimate of drug-likeness (QED) is 0.852. The zero-order valence-corrected chi connectivity index (χ0v) is 14.2. The minimum absolute atomic E-state index is 0.156. The maximum atomic E-state index is 12.5. The maximum Gasteiger partial charge on any atom is 0.471 e. The van der Waals surface area contributed by atoms with Gasteiger partial charge in [0.2, 0.25) is 5.82 Å². The SMILES string of the molecule is CC1CCCCN(C(=O)Nc2ccc(-c3noc(C(F)(F)F)n3)cc2)C1. The second-order valence-electron chi connectivity index (χ2n) is 6.48. The molecule has 1 aromatic carbocycles. The molecule has 3 rings (SSSR count). The molecule has 1 aliphatic rings. The van der Waals surface area contributed by atoms with Crippen molar-refractivity contribution >= 4 is 11.7 Å². The Kier molecular flexibility index (Phi) is 5.15. The van der Waals surface area contributed by atoms with E-state index in [9.17, 15) is 18.0 Å². The summed E-state index contributed by atoms with van der Waals surface area (Å²) >= 11 is 0. The molecule has 0 spiro atoms. The van der Waals surface area contributed by atoms with Crippen LogP contribution in [-0.4, -0.2) is 34.2 Å². The first-order valence-electron chi connectivity index (χ1n) is 8.40. The third kappa shape index (κ3) is 4.33. The zero-order valence-electron chi connectivity index (χ0n) is 14.2. The van der Waals surface area contributed by atoms with E-state index in [1.54, 1.807) is 17.0 Å². The Morgan fingerprint density at radius 3 is 2.65 bits per heavy atom. The summed E-state index contributed by atoms with van der Waals surface area (Å²) in [6, 6.07) is 6.08. The largest absolute Gasteiger partial charge is 0.471 e. The van der Waals surface area contributed by atoms with Gasteiger partial charge in [-0.1, -0.05) is 18.5 Å². The molecule has 9 heteroatoms. The first-order chi connectivity index (χ1) is 12.3. The van der Waals surface area contributed by atoms with Crippen molar-refractivity contribution in [3.63, 3.8) is 0 Å². The van der Waals surface area contributed by atoms with Crippen LogP contribution in [0.2, 0.25) is 0 Å². The van der Waals surface area contributed by atoms with Gasteiger partial charge in [0.05, 0.1) is 0 Å². The number of urea groups is 1. The number of anilines is 1. The van der Waals surface area contributed by atoms with Gasteiger partial charge in [-0.3, -0.25) is 0 Å². The van der Waals surface area contributed by atoms with Gasteiger partial charge in [0.1, 0.15) is 0 Å². The van der Waals surface area contributed by atoms with E-state index < -0.39 is 12.1 Å². The van der Waals surface area contributed by atoms with Crippen molar-refractivity contribution < 1.29 is 22.5 Å². The van der Waals surface area contributed by atoms with Gasteiger partial charge in [-0.15, -0.1) is 0 Å². The summed E-state index contributed by atoms with van der Waals surface area (Å²) in [6.45, 7) is 3.56. The molecule has 140 valence electrons. The van der Waals surface area contributed by atoms with Gasteiger partial charge in [-0.05, 0) is 43.0 Å². The molecule has 0 radical (unpaired) electrons. The molecule has 1 unspecified atom stereocenters. The summed E-state index contributed by atoms with van der Waals surface area (Å²) in [5.41, 5.74) is 0.917. The first-order valence-corrected chi connectivity index (χ1v) is 8.40. The molecule has 1 fully saturated rings. The molecule has 2 heterocycles. The predicted molar refractivity (Wildman–Crippen MR) is 88.3 cm³/mol. The Balaban J connectivity index is 1.66. The highest BCUT2D eigenvalue weighted by atomic mass is 19.4. The Morgan fingerprint density at radius 2 is 2.00 bits per heavy atom. The van der Waals surface area contributed by atoms with Gasteiger partial charge in [-0.2, -0.15) is 18.2 Å². The summed E-state index contributed by atoms with van der Waals surface area (Å²) < 4.78 is 41.7. The molecule has 1 N–H and O–H groups in total. The minimum Gasteiger partial charge on any atom is -0.329 e. The Bertz CT molecular complexity index is 758. The van der Waals surface area contributed by atoms with Gasteiger partial charge >= 0.3 is 18.1 Å². The summed E-state index contributed by atoms with van der Waals surface area (Å²) in [6.07, 6.45) is -1.47. The third-order valence-corrected chi connectivity index (χ3v) is 4.26. The van der Waals surface area contributed by atoms with Crippen molar-refractivity contribution in [3.05, 3.63) is 30.2 Å². The number of hydrogen-bond donors (Lipinski definition) is 1. The lowest BCUT2D eigenvalue weighted by Crippen LogP contribution is -2.37. The fourth-order valence-electron chi connectivity index (χ4n) is 2.90. The standard InChI is InChI=1S/C17H19F3N4O2/c1-11-4-2-3-9-24(10-11)16(25)21-13-7-5-12(6-8-13)14-22-15(26-23-14)17(18,19)20/h5-8,11H,2-4,9-10H2,1H3,(H,21,25). The Hall–Kier alpha value is -2.58. The topological polar surface area (TPSA) is 71.3 Å². The molecule has 26 heavy (non-hydrogen) atoms. The molecular weight excluding hydrogens is 349 g/mol. The lowest BCUT2D eigenvalue weighted by molar-refractivity contribution is -0.159. The fourth-order valence-corrected chi connectivity index (χ4v) is 2.90. The average Bonchev–Trinajstić information content (AvgIpc) is 2.99. The monoisotopic (exact) mass is 368 g/mol. The van der Waals surface area contributed by atoms with E-state index in [-0.39, 0.29) is 11.9 Å².